The molecule has 11 rings (SSSR count). The van der Waals surface area contributed by atoms with E-state index in [1.165, 1.54) is 34.7 Å². The van der Waals surface area contributed by atoms with Crippen LogP contribution in [-0.2, 0) is 46.5 Å². The summed E-state index contributed by atoms with van der Waals surface area (Å²) in [6.07, 6.45) is 5.95. The Bertz CT molecular complexity index is 3320. The van der Waals surface area contributed by atoms with E-state index in [-0.39, 0.29) is 68.6 Å². The van der Waals surface area contributed by atoms with E-state index in [1.54, 1.807) is 31.2 Å². The number of β-amino-alcohol motifs (C(OH)–C–C–N with tert-alkyl or cyclic N) is 1. The molecule has 5 saturated heterocycles. The lowest BCUT2D eigenvalue weighted by Crippen LogP contribution is -2.66. The van der Waals surface area contributed by atoms with Crippen LogP contribution in [-0.4, -0.2) is 211 Å². The first-order valence-electron chi connectivity index (χ1n) is 33.5. The molecule has 2 aliphatic carbocycles. The van der Waals surface area contributed by atoms with Crippen LogP contribution in [0.3, 0.4) is 0 Å². The number of nitrogens with zero attached hydrogens (tertiary/aromatic N) is 8. The fraction of sp³-hybridized carbons (Fsp3) is 0.647. The Labute approximate surface area is 553 Å². The van der Waals surface area contributed by atoms with E-state index >= 15 is 8.78 Å². The Balaban J connectivity index is 0.570. The molecule has 2 unspecified atom stereocenters. The molecule has 7 atom stereocenters. The number of alkyl halides is 1. The zero-order valence-corrected chi connectivity index (χ0v) is 56.0. The van der Waals surface area contributed by atoms with E-state index in [0.717, 1.165) is 86.6 Å². The quantitative estimate of drug-likeness (QED) is 0.0306. The predicted octanol–water partition coefficient (Wildman–Crippen LogP) is 5.79. The number of aromatic nitrogens is 3. The zero-order valence-electron chi connectivity index (χ0n) is 55.2. The first kappa shape index (κ1) is 68.8. The molecule has 26 heteroatoms. The number of benzene rings is 2. The first-order valence-corrected chi connectivity index (χ1v) is 34.4. The summed E-state index contributed by atoms with van der Waals surface area (Å²) in [6.45, 7) is 20.5. The molecule has 22 nitrogen and oxygen atoms in total. The molecule has 512 valence electrons. The number of aldehydes is 1. The van der Waals surface area contributed by atoms with E-state index in [9.17, 15) is 33.5 Å². The van der Waals surface area contributed by atoms with Gasteiger partial charge in [-0.05, 0) is 112 Å². The van der Waals surface area contributed by atoms with Gasteiger partial charge in [0, 0.05) is 108 Å². The molecule has 7 heterocycles. The van der Waals surface area contributed by atoms with Gasteiger partial charge in [0.15, 0.2) is 5.67 Å². The molecule has 0 radical (unpaired) electrons. The van der Waals surface area contributed by atoms with Gasteiger partial charge in [-0.3, -0.25) is 24.1 Å². The van der Waals surface area contributed by atoms with Crippen LogP contribution >= 0.6 is 11.3 Å². The van der Waals surface area contributed by atoms with Crippen molar-refractivity contribution in [3.05, 3.63) is 76.7 Å². The molecule has 5 aliphatic heterocycles. The highest BCUT2D eigenvalue weighted by Gasteiger charge is 2.54. The summed E-state index contributed by atoms with van der Waals surface area (Å²) in [5.74, 6) is -0.141. The van der Waals surface area contributed by atoms with Crippen molar-refractivity contribution in [2.24, 2.45) is 22.7 Å². The van der Waals surface area contributed by atoms with E-state index in [0.29, 0.717) is 106 Å². The number of piperazine rings is 1. The molecule has 94 heavy (non-hydrogen) atoms. The molecule has 1 spiro atoms. The summed E-state index contributed by atoms with van der Waals surface area (Å²) in [6, 6.07) is 8.06. The lowest BCUT2D eigenvalue weighted by Gasteiger charge is -2.48. The van der Waals surface area contributed by atoms with Crippen molar-refractivity contribution in [1.29, 1.82) is 0 Å². The predicted molar refractivity (Wildman–Crippen MR) is 351 cm³/mol. The highest BCUT2D eigenvalue weighted by molar-refractivity contribution is 7.13. The Morgan fingerprint density at radius 1 is 0.872 bits per heavy atom. The third kappa shape index (κ3) is 17.0. The van der Waals surface area contributed by atoms with Crippen LogP contribution in [0.25, 0.3) is 10.4 Å². The van der Waals surface area contributed by atoms with Crippen LogP contribution < -0.4 is 41.1 Å². The van der Waals surface area contributed by atoms with Crippen LogP contribution in [0.2, 0.25) is 0 Å². The summed E-state index contributed by atoms with van der Waals surface area (Å²) in [7, 11) is 0. The van der Waals surface area contributed by atoms with E-state index in [1.807, 2.05) is 31.2 Å². The summed E-state index contributed by atoms with van der Waals surface area (Å²) in [4.78, 5) is 90.3. The minimum atomic E-state index is -1.99. The monoisotopic (exact) mass is 1330 g/mol. The van der Waals surface area contributed by atoms with Crippen LogP contribution in [0.5, 0.6) is 5.75 Å². The summed E-state index contributed by atoms with van der Waals surface area (Å²) < 4.78 is 64.8. The number of amides is 4. The minimum absolute atomic E-state index is 0.00105. The molecule has 2 aromatic carbocycles. The van der Waals surface area contributed by atoms with Gasteiger partial charge in [-0.15, -0.1) is 11.3 Å². The Morgan fingerprint density at radius 2 is 1.63 bits per heavy atom. The third-order valence-corrected chi connectivity index (χ3v) is 21.1. The Hall–Kier alpha value is -6.55. The average molecular weight is 1330 g/mol. The molecule has 7 aliphatic rings. The SMILES string of the molecule is Cc1ncsc1-c1ccc(CNC(=O)[C@@H]2C[C@@H](O)CN2C(=O)[C@@H](NC(=O)C2(F)CC2)C(C)(C)C)c(OCCNCC(C=O)OC2C[C@@H]3CN(CCOCCNc4cc(N5CCC6(CC5)CN(c5cc(F)c(CN7CCC(C)(C)CC7)cc5F)CC(=O)N6)ncn4)C[C@@H]3C2)c1. The minimum Gasteiger partial charge on any atom is -0.492 e. The average Bonchev–Trinajstić information content (AvgIpc) is 1.11. The van der Waals surface area contributed by atoms with Crippen molar-refractivity contribution in [2.45, 2.75) is 154 Å². The maximum Gasteiger partial charge on any atom is 0.258 e. The van der Waals surface area contributed by atoms with Gasteiger partial charge in [0.1, 0.15) is 66.4 Å². The fourth-order valence-corrected chi connectivity index (χ4v) is 15.1. The molecule has 0 bridgehead atoms. The maximum atomic E-state index is 15.8. The number of rotatable bonds is 27. The topological polar surface area (TPSA) is 248 Å². The van der Waals surface area contributed by atoms with Gasteiger partial charge in [-0.2, -0.15) is 0 Å². The van der Waals surface area contributed by atoms with Crippen molar-refractivity contribution in [3.8, 4) is 16.2 Å². The van der Waals surface area contributed by atoms with Crippen molar-refractivity contribution < 1.29 is 56.5 Å². The number of thiazole rings is 1. The van der Waals surface area contributed by atoms with Gasteiger partial charge >= 0.3 is 0 Å². The Kier molecular flexibility index (Phi) is 21.5. The molecular formula is C68H94F3N13O9S. The highest BCUT2D eigenvalue weighted by atomic mass is 32.1. The number of hydrogen-bond acceptors (Lipinski definition) is 19. The number of aryl methyl sites for hydroxylation is 1. The normalized spacial score (nSPS) is 24.0. The second-order valence-electron chi connectivity index (χ2n) is 29.0. The van der Waals surface area contributed by atoms with Gasteiger partial charge < -0.3 is 70.3 Å². The number of fused-ring (bicyclic) bond motifs is 1. The van der Waals surface area contributed by atoms with Gasteiger partial charge in [0.2, 0.25) is 17.7 Å². The van der Waals surface area contributed by atoms with E-state index < -0.39 is 70.3 Å². The number of piperidine rings is 2. The number of aliphatic hydroxyl groups is 1. The number of likely N-dealkylation sites (tertiary alicyclic amines) is 3. The second kappa shape index (κ2) is 29.4. The molecular weight excluding hydrogens is 1230 g/mol. The Morgan fingerprint density at radius 3 is 2.33 bits per heavy atom. The zero-order chi connectivity index (χ0) is 66.5. The highest BCUT2D eigenvalue weighted by Crippen LogP contribution is 2.42. The molecule has 7 fully saturated rings. The maximum absolute atomic E-state index is 15.8. The molecule has 4 amide bonds. The smallest absolute Gasteiger partial charge is 0.258 e. The number of hydrogen-bond donors (Lipinski definition) is 6. The summed E-state index contributed by atoms with van der Waals surface area (Å²) >= 11 is 1.50. The molecule has 2 saturated carbocycles. The molecule has 2 aromatic heterocycles. The van der Waals surface area contributed by atoms with Crippen LogP contribution in [0.4, 0.5) is 30.5 Å². The number of halogens is 3. The number of aliphatic hydroxyl groups excluding tert-OH is 1. The second-order valence-corrected chi connectivity index (χ2v) is 29.8. The van der Waals surface area contributed by atoms with Crippen molar-refractivity contribution in [2.75, 3.05) is 120 Å². The van der Waals surface area contributed by atoms with Crippen LogP contribution in [0.1, 0.15) is 109 Å². The van der Waals surface area contributed by atoms with Gasteiger partial charge in [-0.25, -0.2) is 28.1 Å². The lowest BCUT2D eigenvalue weighted by atomic mass is 9.82. The van der Waals surface area contributed by atoms with Crippen molar-refractivity contribution >= 4 is 58.6 Å². The number of nitrogens with one attached hydrogen (secondary N) is 5. The van der Waals surface area contributed by atoms with Crippen molar-refractivity contribution in [1.82, 2.24) is 50.9 Å². The lowest BCUT2D eigenvalue weighted by molar-refractivity contribution is -0.145. The van der Waals surface area contributed by atoms with Gasteiger partial charge in [-0.1, -0.05) is 46.8 Å². The number of anilines is 3. The van der Waals surface area contributed by atoms with Crippen molar-refractivity contribution in [3.63, 3.8) is 0 Å². The molecule has 4 aromatic rings. The molecule has 6 N–H and O–H groups in total. The largest absolute Gasteiger partial charge is 0.492 e. The van der Waals surface area contributed by atoms with Gasteiger partial charge in [0.25, 0.3) is 5.91 Å². The third-order valence-electron chi connectivity index (χ3n) is 20.2. The first-order chi connectivity index (χ1) is 44.9. The number of ether oxygens (including phenoxy) is 3. The standard InChI is InChI=1S/C68H94F3N13O9S/c1-43-60(94-42-77-43)44-7-8-45(32-74-62(88)55-29-49(86)37-84(55)63(89)61(65(2,3)4)78-64(90)68(71)9-10-68)56(28-44)92-23-15-72-33-51(39-85)93-50-25-46-34-81(35-47(46)26-50)21-24-91-22-16-73-57-31-58(76-41-75-57)82-19-13-67(14-20-82)40-83(38-59(87)79-67)54-30-52(69)48(27-53(54)70)36-80-17-11-66(5,6)12-18-80/h7-8,27-28,30-31,39,41-42,46-47,49-51,55,61,72,86H,9-26,29,32-38,40H2,1-6H3,(H,74,88)(H,78,90)(H,79,87)(H,73,75,76)/t46-,47+,49-,50?,51?,55+,61-/m1/s1. The number of carbonyl (C=O) groups excluding carboxylic acids is 5. The van der Waals surface area contributed by atoms with Crippen LogP contribution in [0.15, 0.2) is 48.2 Å². The fourth-order valence-electron chi connectivity index (χ4n) is 14.3. The van der Waals surface area contributed by atoms with E-state index in [2.05, 4.69) is 70.1 Å². The van der Waals surface area contributed by atoms with Crippen LogP contribution in [0, 0.1) is 41.2 Å². The summed E-state index contributed by atoms with van der Waals surface area (Å²) in [5, 5.41) is 26.1. The summed E-state index contributed by atoms with van der Waals surface area (Å²) in [5.41, 5.74) is 1.54. The van der Waals surface area contributed by atoms with Gasteiger partial charge in [0.05, 0.1) is 59.3 Å². The number of carbonyl (C=O) groups is 5. The van der Waals surface area contributed by atoms with E-state index in [4.69, 9.17) is 14.2 Å².